The number of alkyl halides is 3. The molecule has 0 aliphatic carbocycles. The van der Waals surface area contributed by atoms with Crippen LogP contribution in [0.5, 0.6) is 0 Å². The number of carbonyl (C=O) groups excluding carboxylic acids is 1. The highest BCUT2D eigenvalue weighted by Crippen LogP contribution is 2.42. The molecule has 1 aromatic carbocycles. The second-order valence-corrected chi connectivity index (χ2v) is 9.67. The number of pyridine rings is 1. The van der Waals surface area contributed by atoms with Crippen molar-refractivity contribution >= 4 is 15.6 Å². The average Bonchev–Trinajstić information content (AvgIpc) is 2.97. The Morgan fingerprint density at radius 1 is 1.23 bits per heavy atom. The van der Waals surface area contributed by atoms with Crippen molar-refractivity contribution < 1.29 is 26.9 Å². The summed E-state index contributed by atoms with van der Waals surface area (Å²) in [5, 5.41) is 0.180. The summed E-state index contributed by atoms with van der Waals surface area (Å²) in [6.07, 6.45) is -1.35. The monoisotopic (exact) mass is 441 g/mol. The molecule has 162 valence electrons. The Bertz CT molecular complexity index is 1030. The predicted molar refractivity (Wildman–Crippen MR) is 105 cm³/mol. The standard InChI is InChI=1S/C20H22F3N3O3S/c1-20(2)26(19(27)18(22)23)15(10-21)17(29-20)13-6-4-12(5-7-13)14-8-9-16(25-11-14)30(3,24)28/h4-9,11,15,17-18,24H,10H2,1-3H3/t15-,17-,30?/m1/s1. The minimum atomic E-state index is -3.25. The third-order valence-corrected chi connectivity index (χ3v) is 6.01. The van der Waals surface area contributed by atoms with E-state index in [1.807, 2.05) is 0 Å². The summed E-state index contributed by atoms with van der Waals surface area (Å²) in [5.41, 5.74) is 0.654. The molecule has 3 rings (SSSR count). The van der Waals surface area contributed by atoms with Gasteiger partial charge >= 0.3 is 6.43 Å². The molecule has 2 aromatic rings. The zero-order chi connectivity index (χ0) is 22.3. The van der Waals surface area contributed by atoms with Gasteiger partial charge in [0.25, 0.3) is 5.91 Å². The average molecular weight is 441 g/mol. The van der Waals surface area contributed by atoms with Gasteiger partial charge in [-0.15, -0.1) is 0 Å². The van der Waals surface area contributed by atoms with Crippen molar-refractivity contribution in [3.8, 4) is 11.1 Å². The fourth-order valence-electron chi connectivity index (χ4n) is 3.60. The van der Waals surface area contributed by atoms with E-state index in [2.05, 4.69) is 4.98 Å². The van der Waals surface area contributed by atoms with Crippen LogP contribution >= 0.6 is 0 Å². The quantitative estimate of drug-likeness (QED) is 0.760. The van der Waals surface area contributed by atoms with Gasteiger partial charge in [-0.3, -0.25) is 4.79 Å². The minimum absolute atomic E-state index is 0.180. The van der Waals surface area contributed by atoms with Crippen LogP contribution in [0.15, 0.2) is 47.6 Å². The van der Waals surface area contributed by atoms with E-state index < -0.39 is 46.6 Å². The zero-order valence-corrected chi connectivity index (χ0v) is 17.5. The van der Waals surface area contributed by atoms with Crippen LogP contribution in [0.4, 0.5) is 13.2 Å². The number of rotatable bonds is 5. The van der Waals surface area contributed by atoms with E-state index in [0.29, 0.717) is 5.56 Å². The molecule has 1 saturated heterocycles. The molecule has 1 aromatic heterocycles. The van der Waals surface area contributed by atoms with Crippen molar-refractivity contribution in [2.45, 2.75) is 43.2 Å². The molecule has 2 heterocycles. The number of aromatic nitrogens is 1. The van der Waals surface area contributed by atoms with Crippen molar-refractivity contribution in [1.29, 1.82) is 4.78 Å². The Morgan fingerprint density at radius 2 is 1.83 bits per heavy atom. The van der Waals surface area contributed by atoms with Crippen LogP contribution in [0.2, 0.25) is 0 Å². The lowest BCUT2D eigenvalue weighted by molar-refractivity contribution is -0.159. The number of halogens is 3. The Labute approximate surface area is 173 Å². The van der Waals surface area contributed by atoms with Gasteiger partial charge in [0.15, 0.2) is 0 Å². The molecule has 6 nitrogen and oxygen atoms in total. The summed E-state index contributed by atoms with van der Waals surface area (Å²) in [6.45, 7) is 1.88. The Kier molecular flexibility index (Phi) is 5.92. The van der Waals surface area contributed by atoms with Crippen LogP contribution in [-0.2, 0) is 19.3 Å². The molecule has 0 bridgehead atoms. The number of nitrogens with one attached hydrogen (secondary N) is 1. The molecule has 0 radical (unpaired) electrons. The van der Waals surface area contributed by atoms with Gasteiger partial charge in [-0.25, -0.2) is 18.4 Å². The van der Waals surface area contributed by atoms with E-state index in [-0.39, 0.29) is 5.03 Å². The maximum absolute atomic E-state index is 13.8. The van der Waals surface area contributed by atoms with Gasteiger partial charge in [-0.1, -0.05) is 30.3 Å². The Morgan fingerprint density at radius 3 is 2.30 bits per heavy atom. The number of amides is 1. The third-order valence-electron chi connectivity index (χ3n) is 4.97. The van der Waals surface area contributed by atoms with Crippen LogP contribution in [0.25, 0.3) is 11.1 Å². The number of hydrogen-bond acceptors (Lipinski definition) is 5. The molecule has 30 heavy (non-hydrogen) atoms. The minimum Gasteiger partial charge on any atom is -0.346 e. The van der Waals surface area contributed by atoms with Crippen molar-refractivity contribution in [2.75, 3.05) is 12.9 Å². The summed E-state index contributed by atoms with van der Waals surface area (Å²) in [7, 11) is -2.91. The van der Waals surface area contributed by atoms with Crippen molar-refractivity contribution in [3.05, 3.63) is 48.2 Å². The zero-order valence-electron chi connectivity index (χ0n) is 16.6. The Balaban J connectivity index is 1.88. The Hall–Kier alpha value is -2.46. The third kappa shape index (κ3) is 4.20. The first-order valence-electron chi connectivity index (χ1n) is 9.11. The van der Waals surface area contributed by atoms with Crippen molar-refractivity contribution in [2.24, 2.45) is 0 Å². The summed E-state index contributed by atoms with van der Waals surface area (Å²) < 4.78 is 64.9. The maximum Gasteiger partial charge on any atom is 0.315 e. The van der Waals surface area contributed by atoms with Crippen LogP contribution in [0.3, 0.4) is 0 Å². The van der Waals surface area contributed by atoms with Gasteiger partial charge in [-0.05, 0) is 31.0 Å². The van der Waals surface area contributed by atoms with Gasteiger partial charge in [0.05, 0.1) is 15.8 Å². The number of hydrogen-bond donors (Lipinski definition) is 1. The molecule has 0 saturated carbocycles. The van der Waals surface area contributed by atoms with Crippen LogP contribution in [-0.4, -0.2) is 51.1 Å². The molecule has 3 atom stereocenters. The molecule has 1 N–H and O–H groups in total. The molecular weight excluding hydrogens is 419 g/mol. The highest BCUT2D eigenvalue weighted by atomic mass is 32.2. The first-order valence-corrected chi connectivity index (χ1v) is 11.1. The largest absolute Gasteiger partial charge is 0.346 e. The van der Waals surface area contributed by atoms with E-state index in [4.69, 9.17) is 9.52 Å². The number of nitrogens with zero attached hydrogens (tertiary/aromatic N) is 2. The highest BCUT2D eigenvalue weighted by Gasteiger charge is 2.52. The van der Waals surface area contributed by atoms with Gasteiger partial charge < -0.3 is 9.64 Å². The topological polar surface area (TPSA) is 83.3 Å². The summed E-state index contributed by atoms with van der Waals surface area (Å²) in [6, 6.07) is 8.87. The number of benzene rings is 1. The lowest BCUT2D eigenvalue weighted by Crippen LogP contribution is -2.51. The molecule has 1 fully saturated rings. The van der Waals surface area contributed by atoms with Crippen molar-refractivity contribution in [1.82, 2.24) is 9.88 Å². The SMILES string of the molecule is CC1(C)O[C@H](c2ccc(-c3ccc(S(C)(=N)=O)nc3)cc2)[C@@H](CF)N1C(=O)C(F)F. The number of carbonyl (C=O) groups is 1. The van der Waals surface area contributed by atoms with Gasteiger partial charge in [0, 0.05) is 18.0 Å². The maximum atomic E-state index is 13.8. The number of ether oxygens (including phenoxy) is 1. The fourth-order valence-corrected chi connectivity index (χ4v) is 4.18. The van der Waals surface area contributed by atoms with Gasteiger partial charge in [0.1, 0.15) is 23.5 Å². The second-order valence-electron chi connectivity index (χ2n) is 7.57. The second kappa shape index (κ2) is 7.99. The highest BCUT2D eigenvalue weighted by molar-refractivity contribution is 7.91. The molecular formula is C20H22F3N3O3S. The van der Waals surface area contributed by atoms with Crippen LogP contribution in [0.1, 0.15) is 25.5 Å². The molecule has 0 spiro atoms. The normalized spacial score (nSPS) is 22.8. The van der Waals surface area contributed by atoms with Gasteiger partial charge in [-0.2, -0.15) is 8.78 Å². The van der Waals surface area contributed by atoms with E-state index >= 15 is 0 Å². The van der Waals surface area contributed by atoms with E-state index in [9.17, 15) is 22.2 Å². The van der Waals surface area contributed by atoms with E-state index in [0.717, 1.165) is 16.0 Å². The van der Waals surface area contributed by atoms with E-state index in [1.165, 1.54) is 32.4 Å². The van der Waals surface area contributed by atoms with Gasteiger partial charge in [0.2, 0.25) is 0 Å². The summed E-state index contributed by atoms with van der Waals surface area (Å²) in [5.74, 6) is -1.46. The lowest BCUT2D eigenvalue weighted by atomic mass is 9.99. The van der Waals surface area contributed by atoms with Crippen LogP contribution < -0.4 is 0 Å². The van der Waals surface area contributed by atoms with Crippen molar-refractivity contribution in [3.63, 3.8) is 0 Å². The summed E-state index contributed by atoms with van der Waals surface area (Å²) in [4.78, 5) is 16.8. The summed E-state index contributed by atoms with van der Waals surface area (Å²) >= 11 is 0. The molecule has 1 aliphatic heterocycles. The molecule has 1 unspecified atom stereocenters. The lowest BCUT2D eigenvalue weighted by Gasteiger charge is -2.32. The first kappa shape index (κ1) is 22.2. The van der Waals surface area contributed by atoms with E-state index in [1.54, 1.807) is 30.3 Å². The van der Waals surface area contributed by atoms with Crippen LogP contribution in [0, 0.1) is 4.78 Å². The smallest absolute Gasteiger partial charge is 0.315 e. The fraction of sp³-hybridized carbons (Fsp3) is 0.400. The molecule has 10 heteroatoms. The molecule has 1 aliphatic rings. The molecule has 1 amide bonds. The first-order chi connectivity index (χ1) is 14.0. The predicted octanol–water partition coefficient (Wildman–Crippen LogP) is 4.02.